The molecule has 0 aromatic heterocycles. The second kappa shape index (κ2) is 9.89. The molecule has 2 heterocycles. The maximum atomic E-state index is 9.32. The first-order chi connectivity index (χ1) is 12.5. The standard InChI is InChI=1S/C12H20N2.C12H23N/c1-10(2)11(3)12(9-13)5-7-14(4)8-6-12;1-10(2)11(3)12(4)6-8-13(5)9-7-12/h10H,3,5-8H2,1-2,4H3;10H,3,6-9H2,1-2,4-5H3. The first kappa shape index (κ1) is 23.9. The van der Waals surface area contributed by atoms with E-state index in [4.69, 9.17) is 0 Å². The third kappa shape index (κ3) is 6.19. The minimum atomic E-state index is -0.249. The largest absolute Gasteiger partial charge is 0.306 e. The summed E-state index contributed by atoms with van der Waals surface area (Å²) in [6, 6.07) is 2.49. The zero-order chi connectivity index (χ0) is 20.8. The molecule has 0 spiro atoms. The summed E-state index contributed by atoms with van der Waals surface area (Å²) in [5.74, 6) is 1.05. The van der Waals surface area contributed by atoms with Gasteiger partial charge < -0.3 is 9.80 Å². The molecule has 0 aliphatic carbocycles. The second-order valence-electron chi connectivity index (χ2n) is 9.72. The van der Waals surface area contributed by atoms with Crippen LogP contribution in [0.2, 0.25) is 0 Å². The van der Waals surface area contributed by atoms with E-state index >= 15 is 0 Å². The molecule has 3 heteroatoms. The van der Waals surface area contributed by atoms with E-state index in [0.29, 0.717) is 17.3 Å². The van der Waals surface area contributed by atoms with Crippen LogP contribution in [0.3, 0.4) is 0 Å². The van der Waals surface area contributed by atoms with E-state index in [0.717, 1.165) is 31.5 Å². The highest BCUT2D eigenvalue weighted by Gasteiger charge is 2.37. The number of hydrogen-bond donors (Lipinski definition) is 0. The van der Waals surface area contributed by atoms with Gasteiger partial charge in [-0.3, -0.25) is 0 Å². The topological polar surface area (TPSA) is 30.3 Å². The predicted octanol–water partition coefficient (Wildman–Crippen LogP) is 5.36. The Morgan fingerprint density at radius 1 is 0.815 bits per heavy atom. The molecule has 0 bridgehead atoms. The van der Waals surface area contributed by atoms with Gasteiger partial charge in [-0.15, -0.1) is 0 Å². The zero-order valence-electron chi connectivity index (χ0n) is 19.1. The minimum absolute atomic E-state index is 0.249. The average molecular weight is 374 g/mol. The second-order valence-corrected chi connectivity index (χ2v) is 9.72. The van der Waals surface area contributed by atoms with Crippen LogP contribution in [-0.4, -0.2) is 50.1 Å². The van der Waals surface area contributed by atoms with E-state index in [1.807, 2.05) is 0 Å². The molecule has 2 fully saturated rings. The molecule has 0 atom stereocenters. The number of likely N-dealkylation sites (tertiary alicyclic amines) is 2. The third-order valence-electron chi connectivity index (χ3n) is 6.93. The van der Waals surface area contributed by atoms with Crippen molar-refractivity contribution in [3.8, 4) is 6.07 Å². The van der Waals surface area contributed by atoms with E-state index < -0.39 is 0 Å². The molecule has 2 rings (SSSR count). The molecule has 2 aliphatic heterocycles. The van der Waals surface area contributed by atoms with Crippen LogP contribution in [0.5, 0.6) is 0 Å². The fraction of sp³-hybridized carbons (Fsp3) is 0.792. The van der Waals surface area contributed by atoms with Crippen molar-refractivity contribution in [2.24, 2.45) is 22.7 Å². The highest BCUT2D eigenvalue weighted by molar-refractivity contribution is 5.23. The molecule has 2 saturated heterocycles. The monoisotopic (exact) mass is 373 g/mol. The summed E-state index contributed by atoms with van der Waals surface area (Å²) in [5.41, 5.74) is 2.72. The number of allylic oxidation sites excluding steroid dienone is 2. The van der Waals surface area contributed by atoms with E-state index in [2.05, 4.69) is 77.7 Å². The summed E-state index contributed by atoms with van der Waals surface area (Å²) in [6.07, 6.45) is 4.44. The van der Waals surface area contributed by atoms with E-state index in [-0.39, 0.29) is 5.41 Å². The smallest absolute Gasteiger partial charge is 0.0806 e. The van der Waals surface area contributed by atoms with Crippen LogP contribution in [-0.2, 0) is 0 Å². The van der Waals surface area contributed by atoms with E-state index in [1.54, 1.807) is 0 Å². The predicted molar refractivity (Wildman–Crippen MR) is 118 cm³/mol. The lowest BCUT2D eigenvalue weighted by atomic mass is 9.70. The molecule has 0 aromatic carbocycles. The first-order valence-corrected chi connectivity index (χ1v) is 10.6. The molecular weight excluding hydrogens is 330 g/mol. The Morgan fingerprint density at radius 3 is 1.52 bits per heavy atom. The molecule has 2 aliphatic rings. The minimum Gasteiger partial charge on any atom is -0.306 e. The highest BCUT2D eigenvalue weighted by Crippen LogP contribution is 2.41. The highest BCUT2D eigenvalue weighted by atomic mass is 15.1. The maximum absolute atomic E-state index is 9.32. The molecule has 0 N–H and O–H groups in total. The summed E-state index contributed by atoms with van der Waals surface area (Å²) in [4.78, 5) is 4.69. The summed E-state index contributed by atoms with van der Waals surface area (Å²) in [5, 5.41) is 9.32. The van der Waals surface area contributed by atoms with Gasteiger partial charge in [0, 0.05) is 0 Å². The normalized spacial score (nSPS) is 22.7. The molecule has 0 unspecified atom stereocenters. The lowest BCUT2D eigenvalue weighted by Crippen LogP contribution is -2.39. The third-order valence-corrected chi connectivity index (χ3v) is 6.93. The van der Waals surface area contributed by atoms with Gasteiger partial charge in [0.05, 0.1) is 11.5 Å². The molecule has 0 saturated carbocycles. The number of nitrogens with zero attached hydrogens (tertiary/aromatic N) is 3. The van der Waals surface area contributed by atoms with Crippen molar-refractivity contribution < 1.29 is 0 Å². The Morgan fingerprint density at radius 2 is 1.19 bits per heavy atom. The van der Waals surface area contributed by atoms with Gasteiger partial charge in [0.15, 0.2) is 0 Å². The average Bonchev–Trinajstić information content (AvgIpc) is 2.64. The summed E-state index contributed by atoms with van der Waals surface area (Å²) in [7, 11) is 4.32. The fourth-order valence-electron chi connectivity index (χ4n) is 4.19. The van der Waals surface area contributed by atoms with Crippen LogP contribution in [0, 0.1) is 34.0 Å². The van der Waals surface area contributed by atoms with Crippen molar-refractivity contribution in [2.45, 2.75) is 60.3 Å². The number of hydrogen-bond acceptors (Lipinski definition) is 3. The van der Waals surface area contributed by atoms with Gasteiger partial charge in [-0.05, 0) is 83.2 Å². The van der Waals surface area contributed by atoms with Crippen molar-refractivity contribution in [1.82, 2.24) is 9.80 Å². The Balaban J connectivity index is 0.000000271. The van der Waals surface area contributed by atoms with E-state index in [1.165, 1.54) is 31.5 Å². The molecule has 0 aromatic rings. The molecule has 0 amide bonds. The van der Waals surface area contributed by atoms with Crippen molar-refractivity contribution in [3.63, 3.8) is 0 Å². The quantitative estimate of drug-likeness (QED) is 0.621. The molecular formula is C24H43N3. The van der Waals surface area contributed by atoms with Crippen LogP contribution < -0.4 is 0 Å². The van der Waals surface area contributed by atoms with Crippen molar-refractivity contribution >= 4 is 0 Å². The van der Waals surface area contributed by atoms with Crippen molar-refractivity contribution in [2.75, 3.05) is 40.3 Å². The maximum Gasteiger partial charge on any atom is 0.0806 e. The van der Waals surface area contributed by atoms with Crippen LogP contribution in [0.25, 0.3) is 0 Å². The lowest BCUT2D eigenvalue weighted by Gasteiger charge is -2.40. The van der Waals surface area contributed by atoms with Gasteiger partial charge in [0.2, 0.25) is 0 Å². The lowest BCUT2D eigenvalue weighted by molar-refractivity contribution is 0.162. The Bertz CT molecular complexity index is 536. The van der Waals surface area contributed by atoms with Crippen LogP contribution in [0.15, 0.2) is 24.3 Å². The molecule has 154 valence electrons. The van der Waals surface area contributed by atoms with Gasteiger partial charge in [-0.25, -0.2) is 0 Å². The Kier molecular flexibility index (Phi) is 8.77. The fourth-order valence-corrected chi connectivity index (χ4v) is 4.19. The van der Waals surface area contributed by atoms with E-state index in [9.17, 15) is 5.26 Å². The Labute approximate surface area is 169 Å². The van der Waals surface area contributed by atoms with Crippen LogP contribution in [0.1, 0.15) is 60.3 Å². The van der Waals surface area contributed by atoms with Gasteiger partial charge >= 0.3 is 0 Å². The molecule has 0 radical (unpaired) electrons. The van der Waals surface area contributed by atoms with Crippen molar-refractivity contribution in [3.05, 3.63) is 24.3 Å². The molecule has 3 nitrogen and oxygen atoms in total. The van der Waals surface area contributed by atoms with Gasteiger partial charge in [0.25, 0.3) is 0 Å². The van der Waals surface area contributed by atoms with Gasteiger partial charge in [-0.2, -0.15) is 5.26 Å². The SMILES string of the molecule is C=C(C(C)C)C1(C#N)CCN(C)CC1.C=C(C(C)C)C1(C)CCN(C)CC1. The van der Waals surface area contributed by atoms with Crippen molar-refractivity contribution in [1.29, 1.82) is 5.26 Å². The number of piperidine rings is 2. The first-order valence-electron chi connectivity index (χ1n) is 10.6. The summed E-state index contributed by atoms with van der Waals surface area (Å²) < 4.78 is 0. The summed E-state index contributed by atoms with van der Waals surface area (Å²) in [6.45, 7) is 24.0. The van der Waals surface area contributed by atoms with Crippen LogP contribution in [0.4, 0.5) is 0 Å². The summed E-state index contributed by atoms with van der Waals surface area (Å²) >= 11 is 0. The Hall–Kier alpha value is -1.11. The molecule has 27 heavy (non-hydrogen) atoms. The van der Waals surface area contributed by atoms with Gasteiger partial charge in [-0.1, -0.05) is 58.9 Å². The van der Waals surface area contributed by atoms with Crippen LogP contribution >= 0.6 is 0 Å². The number of nitriles is 1. The number of rotatable bonds is 4. The van der Waals surface area contributed by atoms with Gasteiger partial charge in [0.1, 0.15) is 0 Å². The zero-order valence-corrected chi connectivity index (χ0v) is 19.1.